The molecule has 0 saturated carbocycles. The van der Waals surface area contributed by atoms with Crippen molar-refractivity contribution < 1.29 is 24.2 Å². The minimum atomic E-state index is -0.961. The molecule has 0 bridgehead atoms. The van der Waals surface area contributed by atoms with E-state index in [4.69, 9.17) is 9.47 Å². The standard InChI is InChI=1S/C33H62O5/c1-3-5-7-9-11-13-15-16-18-20-22-24-26-28-33(36)38-30-31(34)29-37-32(35)27-25-23-21-19-17-14-12-10-8-6-4-2/h16,18,31,34H,3-15,17,19-30H2,1-2H3/b18-16-/t31-/m1/s1. The van der Waals surface area contributed by atoms with Crippen molar-refractivity contribution in [3.8, 4) is 0 Å². The van der Waals surface area contributed by atoms with Crippen LogP contribution in [0.2, 0.25) is 0 Å². The lowest BCUT2D eigenvalue weighted by atomic mass is 10.1. The minimum Gasteiger partial charge on any atom is -0.463 e. The average Bonchev–Trinajstić information content (AvgIpc) is 2.92. The Morgan fingerprint density at radius 3 is 1.24 bits per heavy atom. The van der Waals surface area contributed by atoms with E-state index in [0.717, 1.165) is 44.9 Å². The Morgan fingerprint density at radius 2 is 0.842 bits per heavy atom. The Morgan fingerprint density at radius 1 is 0.526 bits per heavy atom. The zero-order chi connectivity index (χ0) is 27.9. The number of hydrogen-bond acceptors (Lipinski definition) is 5. The summed E-state index contributed by atoms with van der Waals surface area (Å²) in [6, 6.07) is 0. The Kier molecular flexibility index (Phi) is 29.1. The summed E-state index contributed by atoms with van der Waals surface area (Å²) in [4.78, 5) is 23.7. The van der Waals surface area contributed by atoms with Crippen molar-refractivity contribution in [1.82, 2.24) is 0 Å². The lowest BCUT2D eigenvalue weighted by Crippen LogP contribution is -2.25. The first kappa shape index (κ1) is 36.6. The van der Waals surface area contributed by atoms with Gasteiger partial charge in [-0.05, 0) is 38.5 Å². The molecule has 0 radical (unpaired) electrons. The summed E-state index contributed by atoms with van der Waals surface area (Å²) in [5.74, 6) is -0.581. The molecule has 1 N–H and O–H groups in total. The van der Waals surface area contributed by atoms with Gasteiger partial charge in [0.05, 0.1) is 0 Å². The van der Waals surface area contributed by atoms with Crippen LogP contribution in [-0.4, -0.2) is 36.4 Å². The van der Waals surface area contributed by atoms with Crippen LogP contribution < -0.4 is 0 Å². The molecule has 5 nitrogen and oxygen atoms in total. The molecule has 0 heterocycles. The third-order valence-corrected chi connectivity index (χ3v) is 7.00. The number of aliphatic hydroxyl groups is 1. The van der Waals surface area contributed by atoms with Crippen molar-refractivity contribution in [2.24, 2.45) is 0 Å². The molecule has 0 aromatic carbocycles. The fraction of sp³-hybridized carbons (Fsp3) is 0.879. The van der Waals surface area contributed by atoms with Crippen LogP contribution in [0.3, 0.4) is 0 Å². The summed E-state index contributed by atoms with van der Waals surface area (Å²) >= 11 is 0. The number of unbranched alkanes of at least 4 members (excludes halogenated alkanes) is 19. The van der Waals surface area contributed by atoms with E-state index in [0.29, 0.717) is 12.8 Å². The number of carbonyl (C=O) groups excluding carboxylic acids is 2. The predicted molar refractivity (Wildman–Crippen MR) is 159 cm³/mol. The first-order valence-corrected chi connectivity index (χ1v) is 16.2. The van der Waals surface area contributed by atoms with Crippen molar-refractivity contribution in [3.63, 3.8) is 0 Å². The third kappa shape index (κ3) is 29.2. The molecule has 5 heteroatoms. The van der Waals surface area contributed by atoms with Gasteiger partial charge in [-0.25, -0.2) is 0 Å². The molecule has 0 amide bonds. The molecule has 0 aliphatic rings. The highest BCUT2D eigenvalue weighted by Crippen LogP contribution is 2.12. The first-order chi connectivity index (χ1) is 18.6. The van der Waals surface area contributed by atoms with Gasteiger partial charge in [0, 0.05) is 12.8 Å². The second-order valence-electron chi connectivity index (χ2n) is 10.9. The number of aliphatic hydroxyl groups excluding tert-OH is 1. The highest BCUT2D eigenvalue weighted by atomic mass is 16.6. The van der Waals surface area contributed by atoms with Gasteiger partial charge in [-0.1, -0.05) is 129 Å². The van der Waals surface area contributed by atoms with Gasteiger partial charge in [-0.15, -0.1) is 0 Å². The topological polar surface area (TPSA) is 72.8 Å². The number of hydrogen-bond donors (Lipinski definition) is 1. The molecule has 0 unspecified atom stereocenters. The minimum absolute atomic E-state index is 0.116. The van der Waals surface area contributed by atoms with Crippen LogP contribution in [0.25, 0.3) is 0 Å². The van der Waals surface area contributed by atoms with Crippen molar-refractivity contribution >= 4 is 11.9 Å². The summed E-state index contributed by atoms with van der Waals surface area (Å²) in [7, 11) is 0. The molecule has 0 aliphatic carbocycles. The Balaban J connectivity index is 3.46. The van der Waals surface area contributed by atoms with Crippen LogP contribution >= 0.6 is 0 Å². The highest BCUT2D eigenvalue weighted by molar-refractivity contribution is 5.69. The second kappa shape index (κ2) is 30.2. The summed E-state index contributed by atoms with van der Waals surface area (Å²) < 4.78 is 10.2. The van der Waals surface area contributed by atoms with Gasteiger partial charge in [-0.2, -0.15) is 0 Å². The van der Waals surface area contributed by atoms with Gasteiger partial charge >= 0.3 is 11.9 Å². The van der Waals surface area contributed by atoms with Crippen molar-refractivity contribution in [2.75, 3.05) is 13.2 Å². The molecule has 0 fully saturated rings. The van der Waals surface area contributed by atoms with E-state index in [1.165, 1.54) is 96.3 Å². The normalized spacial score (nSPS) is 12.2. The lowest BCUT2D eigenvalue weighted by molar-refractivity contribution is -0.152. The maximum absolute atomic E-state index is 11.9. The fourth-order valence-corrected chi connectivity index (χ4v) is 4.49. The van der Waals surface area contributed by atoms with E-state index < -0.39 is 6.10 Å². The van der Waals surface area contributed by atoms with Crippen LogP contribution in [0.1, 0.15) is 168 Å². The van der Waals surface area contributed by atoms with Gasteiger partial charge in [-0.3, -0.25) is 9.59 Å². The van der Waals surface area contributed by atoms with Crippen molar-refractivity contribution in [3.05, 3.63) is 12.2 Å². The first-order valence-electron chi connectivity index (χ1n) is 16.2. The largest absolute Gasteiger partial charge is 0.463 e. The van der Waals surface area contributed by atoms with Gasteiger partial charge in [0.2, 0.25) is 0 Å². The quantitative estimate of drug-likeness (QED) is 0.0583. The van der Waals surface area contributed by atoms with E-state index in [1.807, 2.05) is 0 Å². The van der Waals surface area contributed by atoms with Gasteiger partial charge in [0.25, 0.3) is 0 Å². The molecule has 224 valence electrons. The van der Waals surface area contributed by atoms with Gasteiger partial charge in [0.15, 0.2) is 0 Å². The van der Waals surface area contributed by atoms with E-state index in [-0.39, 0.29) is 25.2 Å². The number of allylic oxidation sites excluding steroid dienone is 2. The smallest absolute Gasteiger partial charge is 0.305 e. The molecule has 38 heavy (non-hydrogen) atoms. The van der Waals surface area contributed by atoms with Crippen molar-refractivity contribution in [2.45, 2.75) is 174 Å². The van der Waals surface area contributed by atoms with Crippen LogP contribution in [0.15, 0.2) is 12.2 Å². The maximum atomic E-state index is 11.9. The van der Waals surface area contributed by atoms with Crippen LogP contribution in [0, 0.1) is 0 Å². The zero-order valence-electron chi connectivity index (χ0n) is 25.2. The maximum Gasteiger partial charge on any atom is 0.305 e. The predicted octanol–water partition coefficient (Wildman–Crippen LogP) is 9.39. The average molecular weight is 539 g/mol. The Labute approximate surface area is 235 Å². The molecule has 1 atom stereocenters. The molecule has 0 rings (SSSR count). The summed E-state index contributed by atoms with van der Waals surface area (Å²) in [5, 5.41) is 9.93. The zero-order valence-corrected chi connectivity index (χ0v) is 25.2. The SMILES string of the molecule is CCCCCCCC/C=C\CCCCCC(=O)OC[C@H](O)COC(=O)CCCCCCCCCCCCC. The van der Waals surface area contributed by atoms with Crippen LogP contribution in [-0.2, 0) is 19.1 Å². The van der Waals surface area contributed by atoms with E-state index >= 15 is 0 Å². The highest BCUT2D eigenvalue weighted by Gasteiger charge is 2.12. The van der Waals surface area contributed by atoms with E-state index in [9.17, 15) is 14.7 Å². The molecular formula is C33H62O5. The molecule has 0 aromatic heterocycles. The lowest BCUT2D eigenvalue weighted by Gasteiger charge is -2.12. The number of ether oxygens (including phenoxy) is 2. The molecule has 0 spiro atoms. The monoisotopic (exact) mass is 538 g/mol. The third-order valence-electron chi connectivity index (χ3n) is 7.00. The van der Waals surface area contributed by atoms with Gasteiger partial charge < -0.3 is 14.6 Å². The molecular weight excluding hydrogens is 476 g/mol. The Hall–Kier alpha value is -1.36. The molecule has 0 aliphatic heterocycles. The second-order valence-corrected chi connectivity index (χ2v) is 10.9. The van der Waals surface area contributed by atoms with Crippen LogP contribution in [0.5, 0.6) is 0 Å². The fourth-order valence-electron chi connectivity index (χ4n) is 4.49. The van der Waals surface area contributed by atoms with Crippen molar-refractivity contribution in [1.29, 1.82) is 0 Å². The van der Waals surface area contributed by atoms with E-state index in [1.54, 1.807) is 0 Å². The van der Waals surface area contributed by atoms with Crippen LogP contribution in [0.4, 0.5) is 0 Å². The summed E-state index contributed by atoms with van der Waals surface area (Å²) in [5.41, 5.74) is 0. The number of carbonyl (C=O) groups is 2. The van der Waals surface area contributed by atoms with Gasteiger partial charge in [0.1, 0.15) is 19.3 Å². The summed E-state index contributed by atoms with van der Waals surface area (Å²) in [6.07, 6.45) is 31.1. The molecule has 0 saturated heterocycles. The number of esters is 2. The molecule has 0 aromatic rings. The van der Waals surface area contributed by atoms with E-state index in [2.05, 4.69) is 26.0 Å². The Bertz CT molecular complexity index is 546. The summed E-state index contributed by atoms with van der Waals surface area (Å²) in [6.45, 7) is 4.26. The number of rotatable bonds is 29.